The highest BCUT2D eigenvalue weighted by Crippen LogP contribution is 2.27. The van der Waals surface area contributed by atoms with Crippen molar-refractivity contribution in [3.8, 4) is 11.6 Å². The predicted octanol–water partition coefficient (Wildman–Crippen LogP) is 3.98. The zero-order valence-corrected chi connectivity index (χ0v) is 14.0. The fourth-order valence-electron chi connectivity index (χ4n) is 2.92. The Balaban J connectivity index is 1.54. The summed E-state index contributed by atoms with van der Waals surface area (Å²) in [5, 5.41) is 3.46. The highest BCUT2D eigenvalue weighted by atomic mass is 35.5. The van der Waals surface area contributed by atoms with Crippen molar-refractivity contribution in [3.63, 3.8) is 0 Å². The highest BCUT2D eigenvalue weighted by molar-refractivity contribution is 6.30. The van der Waals surface area contributed by atoms with Crippen LogP contribution in [0.25, 0.3) is 0 Å². The number of amides is 1. The van der Waals surface area contributed by atoms with Gasteiger partial charge in [-0.25, -0.2) is 4.98 Å². The molecular weight excluding hydrogens is 326 g/mol. The lowest BCUT2D eigenvalue weighted by Crippen LogP contribution is -2.28. The molecular formula is C18H20ClN3O2. The Morgan fingerprint density at radius 1 is 1.25 bits per heavy atom. The number of anilines is 1. The summed E-state index contributed by atoms with van der Waals surface area (Å²) in [5.41, 5.74) is 6.75. The quantitative estimate of drug-likeness (QED) is 0.859. The third-order valence-corrected chi connectivity index (χ3v) is 4.45. The van der Waals surface area contributed by atoms with Crippen molar-refractivity contribution in [2.45, 2.75) is 31.7 Å². The van der Waals surface area contributed by atoms with Gasteiger partial charge in [0.1, 0.15) is 5.75 Å². The van der Waals surface area contributed by atoms with Crippen LogP contribution in [-0.2, 0) is 4.79 Å². The van der Waals surface area contributed by atoms with Crippen molar-refractivity contribution in [3.05, 3.63) is 47.6 Å². The lowest BCUT2D eigenvalue weighted by atomic mass is 10.00. The molecule has 2 aromatic rings. The first-order valence-electron chi connectivity index (χ1n) is 8.05. The van der Waals surface area contributed by atoms with Gasteiger partial charge in [0.25, 0.3) is 0 Å². The van der Waals surface area contributed by atoms with Gasteiger partial charge in [-0.3, -0.25) is 4.79 Å². The molecule has 1 fully saturated rings. The van der Waals surface area contributed by atoms with E-state index in [-0.39, 0.29) is 11.9 Å². The van der Waals surface area contributed by atoms with E-state index >= 15 is 0 Å². The second-order valence-electron chi connectivity index (χ2n) is 6.05. The third-order valence-electron chi connectivity index (χ3n) is 4.23. The molecule has 126 valence electrons. The number of carbonyl (C=O) groups excluding carboxylic acids is 1. The first-order valence-corrected chi connectivity index (χ1v) is 8.43. The molecule has 3 N–H and O–H groups in total. The van der Waals surface area contributed by atoms with Crippen molar-refractivity contribution in [2.75, 3.05) is 5.32 Å². The number of aromatic nitrogens is 1. The van der Waals surface area contributed by atoms with Gasteiger partial charge in [0.05, 0.1) is 5.02 Å². The van der Waals surface area contributed by atoms with E-state index in [0.29, 0.717) is 29.0 Å². The summed E-state index contributed by atoms with van der Waals surface area (Å²) in [6.45, 7) is 0. The van der Waals surface area contributed by atoms with Crippen LogP contribution in [0.4, 0.5) is 5.69 Å². The van der Waals surface area contributed by atoms with Gasteiger partial charge in [0, 0.05) is 30.4 Å². The topological polar surface area (TPSA) is 77.2 Å². The molecule has 3 rings (SSSR count). The fourth-order valence-corrected chi connectivity index (χ4v) is 3.03. The lowest BCUT2D eigenvalue weighted by molar-refractivity contribution is -0.117. The number of halogens is 1. The van der Waals surface area contributed by atoms with Gasteiger partial charge in [-0.15, -0.1) is 0 Å². The van der Waals surface area contributed by atoms with Crippen molar-refractivity contribution in [1.82, 2.24) is 4.98 Å². The zero-order chi connectivity index (χ0) is 16.9. The smallest absolute Gasteiger partial charge is 0.224 e. The van der Waals surface area contributed by atoms with Crippen LogP contribution >= 0.6 is 11.6 Å². The van der Waals surface area contributed by atoms with Gasteiger partial charge >= 0.3 is 0 Å². The Kier molecular flexibility index (Phi) is 5.33. The van der Waals surface area contributed by atoms with E-state index < -0.39 is 0 Å². The Bertz CT molecular complexity index is 688. The van der Waals surface area contributed by atoms with E-state index in [1.807, 2.05) is 0 Å². The fraction of sp³-hybridized carbons (Fsp3) is 0.333. The SMILES string of the molecule is N[C@@H]1CCC[C@H]1CC(=O)Nc1ccc(Oc2ccc(Cl)cn2)cc1. The van der Waals surface area contributed by atoms with Crippen LogP contribution in [0, 0.1) is 5.92 Å². The molecule has 0 saturated heterocycles. The summed E-state index contributed by atoms with van der Waals surface area (Å²) in [5.74, 6) is 1.40. The number of nitrogens with zero attached hydrogens (tertiary/aromatic N) is 1. The minimum absolute atomic E-state index is 0.00499. The van der Waals surface area contributed by atoms with E-state index in [1.165, 1.54) is 6.20 Å². The molecule has 2 atom stereocenters. The van der Waals surface area contributed by atoms with E-state index in [4.69, 9.17) is 22.1 Å². The molecule has 6 heteroatoms. The van der Waals surface area contributed by atoms with Crippen LogP contribution in [0.5, 0.6) is 11.6 Å². The maximum absolute atomic E-state index is 12.1. The Morgan fingerprint density at radius 2 is 2.04 bits per heavy atom. The lowest BCUT2D eigenvalue weighted by Gasteiger charge is -2.14. The predicted molar refractivity (Wildman–Crippen MR) is 94.3 cm³/mol. The van der Waals surface area contributed by atoms with Crippen LogP contribution in [0.3, 0.4) is 0 Å². The van der Waals surface area contributed by atoms with Crippen LogP contribution in [0.15, 0.2) is 42.6 Å². The summed E-state index contributed by atoms with van der Waals surface area (Å²) >= 11 is 5.79. The number of pyridine rings is 1. The maximum Gasteiger partial charge on any atom is 0.224 e. The molecule has 1 aromatic carbocycles. The monoisotopic (exact) mass is 345 g/mol. The third kappa shape index (κ3) is 4.46. The minimum Gasteiger partial charge on any atom is -0.439 e. The molecule has 0 bridgehead atoms. The summed E-state index contributed by atoms with van der Waals surface area (Å²) in [6, 6.07) is 10.7. The van der Waals surface area contributed by atoms with E-state index in [9.17, 15) is 4.79 Å². The molecule has 1 saturated carbocycles. The summed E-state index contributed by atoms with van der Waals surface area (Å²) in [6.07, 6.45) is 5.18. The normalized spacial score (nSPS) is 19.9. The van der Waals surface area contributed by atoms with Gasteiger partial charge in [-0.1, -0.05) is 18.0 Å². The zero-order valence-electron chi connectivity index (χ0n) is 13.2. The van der Waals surface area contributed by atoms with Crippen LogP contribution in [0.2, 0.25) is 5.02 Å². The molecule has 1 amide bonds. The van der Waals surface area contributed by atoms with Crippen LogP contribution in [0.1, 0.15) is 25.7 Å². The largest absolute Gasteiger partial charge is 0.439 e. The standard InChI is InChI=1S/C18H20ClN3O2/c19-13-4-9-18(21-11-13)24-15-7-5-14(6-8-15)22-17(23)10-12-2-1-3-16(12)20/h4-9,11-12,16H,1-3,10,20H2,(H,22,23)/t12-,16+/m0/s1. The highest BCUT2D eigenvalue weighted by Gasteiger charge is 2.25. The molecule has 1 aliphatic rings. The Hall–Kier alpha value is -2.11. The molecule has 0 spiro atoms. The second-order valence-corrected chi connectivity index (χ2v) is 6.48. The van der Waals surface area contributed by atoms with Gasteiger partial charge in [0.2, 0.25) is 11.8 Å². The van der Waals surface area contributed by atoms with Crippen molar-refractivity contribution in [1.29, 1.82) is 0 Å². The van der Waals surface area contributed by atoms with Gasteiger partial charge in [0.15, 0.2) is 0 Å². The Morgan fingerprint density at radius 3 is 2.67 bits per heavy atom. The molecule has 1 aliphatic carbocycles. The number of benzene rings is 1. The van der Waals surface area contributed by atoms with Crippen molar-refractivity contribution >= 4 is 23.2 Å². The van der Waals surface area contributed by atoms with Gasteiger partial charge < -0.3 is 15.8 Å². The van der Waals surface area contributed by atoms with Crippen LogP contribution in [-0.4, -0.2) is 16.9 Å². The molecule has 0 radical (unpaired) electrons. The van der Waals surface area contributed by atoms with Crippen LogP contribution < -0.4 is 15.8 Å². The number of nitrogens with two attached hydrogens (primary N) is 1. The second kappa shape index (κ2) is 7.64. The molecule has 1 heterocycles. The first kappa shape index (κ1) is 16.7. The number of rotatable bonds is 5. The maximum atomic E-state index is 12.1. The van der Waals surface area contributed by atoms with E-state index in [2.05, 4.69) is 10.3 Å². The number of carbonyl (C=O) groups is 1. The average molecular weight is 346 g/mol. The van der Waals surface area contributed by atoms with Crippen molar-refractivity contribution in [2.24, 2.45) is 11.7 Å². The number of hydrogen-bond acceptors (Lipinski definition) is 4. The molecule has 24 heavy (non-hydrogen) atoms. The summed E-state index contributed by atoms with van der Waals surface area (Å²) in [7, 11) is 0. The van der Waals surface area contributed by atoms with Gasteiger partial charge in [-0.05, 0) is 49.1 Å². The molecule has 0 aliphatic heterocycles. The number of hydrogen-bond donors (Lipinski definition) is 2. The summed E-state index contributed by atoms with van der Waals surface area (Å²) in [4.78, 5) is 16.2. The van der Waals surface area contributed by atoms with Gasteiger partial charge in [-0.2, -0.15) is 0 Å². The minimum atomic E-state index is 0.00499. The molecule has 0 unspecified atom stereocenters. The first-order chi connectivity index (χ1) is 11.6. The molecule has 5 nitrogen and oxygen atoms in total. The average Bonchev–Trinajstić information content (AvgIpc) is 2.96. The van der Waals surface area contributed by atoms with E-state index in [1.54, 1.807) is 36.4 Å². The Labute approximate surface area is 146 Å². The van der Waals surface area contributed by atoms with Crippen molar-refractivity contribution < 1.29 is 9.53 Å². The number of ether oxygens (including phenoxy) is 1. The van der Waals surface area contributed by atoms with E-state index in [0.717, 1.165) is 24.9 Å². The summed E-state index contributed by atoms with van der Waals surface area (Å²) < 4.78 is 5.62. The molecule has 1 aromatic heterocycles. The number of nitrogens with one attached hydrogen (secondary N) is 1.